The Hall–Kier alpha value is -1.87. The van der Waals surface area contributed by atoms with Gasteiger partial charge >= 0.3 is 41.6 Å². The third-order valence-electron chi connectivity index (χ3n) is 4.44. The molecule has 0 saturated carbocycles. The summed E-state index contributed by atoms with van der Waals surface area (Å²) in [5.41, 5.74) is 5.75. The second-order valence-electron chi connectivity index (χ2n) is 7.82. The molecule has 0 aliphatic rings. The van der Waals surface area contributed by atoms with Gasteiger partial charge < -0.3 is 26.5 Å². The van der Waals surface area contributed by atoms with Crippen molar-refractivity contribution >= 4 is 23.0 Å². The summed E-state index contributed by atoms with van der Waals surface area (Å²) in [7, 11) is 0. The number of hydrogen-bond donors (Lipinski definition) is 2. The molecule has 0 saturated heterocycles. The number of aryl methyl sites for hydroxylation is 1. The minimum Gasteiger partial charge on any atom is -1.00 e. The van der Waals surface area contributed by atoms with E-state index in [0.29, 0.717) is 43.5 Å². The Morgan fingerprint density at radius 2 is 1.93 bits per heavy atom. The first kappa shape index (κ1) is 26.2. The zero-order chi connectivity index (χ0) is 21.8. The normalized spacial score (nSPS) is 11.1. The Labute approximate surface area is 199 Å². The number of aromatic carboxylic acids is 1. The number of ether oxygens (including phenoxy) is 1. The Kier molecular flexibility index (Phi) is 9.55. The van der Waals surface area contributed by atoms with E-state index in [9.17, 15) is 19.5 Å². The number of carboxylic acid groups (broad SMARTS) is 1. The molecule has 8 nitrogen and oxygen atoms in total. The van der Waals surface area contributed by atoms with Gasteiger partial charge in [-0.05, 0) is 51.8 Å². The second-order valence-corrected chi connectivity index (χ2v) is 7.82. The molecule has 1 heterocycles. The van der Waals surface area contributed by atoms with E-state index in [1.807, 2.05) is 19.1 Å². The first-order chi connectivity index (χ1) is 13.6. The predicted molar refractivity (Wildman–Crippen MR) is 113 cm³/mol. The van der Waals surface area contributed by atoms with Crippen LogP contribution in [0, 0.1) is 0 Å². The van der Waals surface area contributed by atoms with Gasteiger partial charge in [0.1, 0.15) is 11.2 Å². The molecule has 1 aromatic heterocycles. The molecule has 0 bridgehead atoms. The van der Waals surface area contributed by atoms with Crippen molar-refractivity contribution in [3.05, 3.63) is 45.7 Å². The van der Waals surface area contributed by atoms with Crippen molar-refractivity contribution in [2.24, 2.45) is 5.73 Å². The molecular formula is C21H30N3NaO5. The van der Waals surface area contributed by atoms with Crippen LogP contribution in [-0.4, -0.2) is 51.9 Å². The number of benzene rings is 1. The van der Waals surface area contributed by atoms with Crippen LogP contribution in [-0.2, 0) is 17.7 Å². The summed E-state index contributed by atoms with van der Waals surface area (Å²) in [5, 5.41) is 9.67. The van der Waals surface area contributed by atoms with E-state index in [4.69, 9.17) is 10.5 Å². The van der Waals surface area contributed by atoms with Gasteiger partial charge in [-0.15, -0.1) is 0 Å². The predicted octanol–water partition coefficient (Wildman–Crippen LogP) is -0.426. The van der Waals surface area contributed by atoms with Crippen molar-refractivity contribution in [2.75, 3.05) is 19.6 Å². The van der Waals surface area contributed by atoms with E-state index >= 15 is 0 Å². The van der Waals surface area contributed by atoms with E-state index in [0.717, 1.165) is 5.56 Å². The molecule has 0 fully saturated rings. The maximum absolute atomic E-state index is 12.6. The largest absolute Gasteiger partial charge is 1.00 e. The van der Waals surface area contributed by atoms with Crippen LogP contribution < -0.4 is 40.7 Å². The van der Waals surface area contributed by atoms with Crippen LogP contribution in [0.15, 0.2) is 29.2 Å². The van der Waals surface area contributed by atoms with E-state index in [1.54, 1.807) is 31.4 Å². The van der Waals surface area contributed by atoms with Crippen molar-refractivity contribution in [2.45, 2.75) is 46.3 Å². The fraction of sp³-hybridized carbons (Fsp3) is 0.476. The van der Waals surface area contributed by atoms with Gasteiger partial charge in [0.2, 0.25) is 5.43 Å². The quantitative estimate of drug-likeness (QED) is 0.580. The zero-order valence-electron chi connectivity index (χ0n) is 19.4. The Morgan fingerprint density at radius 3 is 2.47 bits per heavy atom. The van der Waals surface area contributed by atoms with Crippen molar-refractivity contribution in [3.63, 3.8) is 0 Å². The summed E-state index contributed by atoms with van der Waals surface area (Å²) < 4.78 is 7.16. The van der Waals surface area contributed by atoms with Crippen molar-refractivity contribution in [1.29, 1.82) is 0 Å². The average molecular weight is 427 g/mol. The minimum atomic E-state index is -1.25. The van der Waals surface area contributed by atoms with Crippen LogP contribution >= 0.6 is 0 Å². The van der Waals surface area contributed by atoms with Gasteiger partial charge in [0.15, 0.2) is 0 Å². The molecule has 0 spiro atoms. The molecule has 0 aliphatic heterocycles. The average Bonchev–Trinajstić information content (AvgIpc) is 2.63. The van der Waals surface area contributed by atoms with Crippen LogP contribution in [0.1, 0.15) is 45.0 Å². The number of carboxylic acids is 1. The van der Waals surface area contributed by atoms with Gasteiger partial charge in [-0.2, -0.15) is 0 Å². The van der Waals surface area contributed by atoms with E-state index in [1.165, 1.54) is 11.1 Å². The molecule has 3 N–H and O–H groups in total. The van der Waals surface area contributed by atoms with E-state index < -0.39 is 23.1 Å². The zero-order valence-corrected chi connectivity index (χ0v) is 20.4. The number of nitrogens with zero attached hydrogens (tertiary/aromatic N) is 2. The number of amides is 1. The topological polar surface area (TPSA) is 115 Å². The number of rotatable bonds is 7. The van der Waals surface area contributed by atoms with E-state index in [-0.39, 0.29) is 36.5 Å². The molecule has 0 radical (unpaired) electrons. The molecule has 1 amide bonds. The maximum Gasteiger partial charge on any atom is 1.00 e. The minimum absolute atomic E-state index is 0. The molecule has 0 unspecified atom stereocenters. The third-order valence-corrected chi connectivity index (χ3v) is 4.44. The SMILES string of the molecule is CCn1cc(C(=O)O)c(=O)c2cc(CCN(CCN)C(=O)OC(C)(C)C)ccc21.[H-].[Na+]. The summed E-state index contributed by atoms with van der Waals surface area (Å²) in [6, 6.07) is 5.39. The van der Waals surface area contributed by atoms with Crippen LogP contribution in [0.4, 0.5) is 4.79 Å². The summed E-state index contributed by atoms with van der Waals surface area (Å²) in [6.45, 7) is 8.86. The molecule has 30 heavy (non-hydrogen) atoms. The van der Waals surface area contributed by atoms with Crippen molar-refractivity contribution < 1.29 is 50.4 Å². The monoisotopic (exact) mass is 427 g/mol. The molecule has 2 aromatic rings. The third kappa shape index (κ3) is 6.57. The van der Waals surface area contributed by atoms with Gasteiger partial charge in [0.25, 0.3) is 0 Å². The second kappa shape index (κ2) is 10.9. The molecular weight excluding hydrogens is 397 g/mol. The molecule has 0 aliphatic carbocycles. The van der Waals surface area contributed by atoms with Gasteiger partial charge in [0.05, 0.1) is 5.52 Å². The first-order valence-corrected chi connectivity index (χ1v) is 9.64. The number of nitrogens with two attached hydrogens (primary N) is 1. The standard InChI is InChI=1S/C21H29N3O5.Na.H/c1-5-23-13-16(19(26)27)18(25)15-12-14(6-7-17(15)23)8-10-24(11-9-22)20(28)29-21(2,3)4;;/h6-7,12-13H,5,8-11,22H2,1-4H3,(H,26,27);;/q;+1;-1. The van der Waals surface area contributed by atoms with E-state index in [2.05, 4.69) is 0 Å². The number of hydrogen-bond acceptors (Lipinski definition) is 5. The molecule has 160 valence electrons. The number of aromatic nitrogens is 1. The molecule has 2 rings (SSSR count). The first-order valence-electron chi connectivity index (χ1n) is 9.64. The Bertz CT molecular complexity index is 972. The number of fused-ring (bicyclic) bond motifs is 1. The summed E-state index contributed by atoms with van der Waals surface area (Å²) in [6.07, 6.45) is 1.42. The van der Waals surface area contributed by atoms with Crippen LogP contribution in [0.5, 0.6) is 0 Å². The van der Waals surface area contributed by atoms with Gasteiger partial charge in [-0.3, -0.25) is 4.79 Å². The number of pyridine rings is 1. The van der Waals surface area contributed by atoms with Crippen LogP contribution in [0.3, 0.4) is 0 Å². The Morgan fingerprint density at radius 1 is 1.27 bits per heavy atom. The molecule has 0 atom stereocenters. The smallest absolute Gasteiger partial charge is 1.00 e. The van der Waals surface area contributed by atoms with Crippen LogP contribution in [0.2, 0.25) is 0 Å². The number of carbonyl (C=O) groups excluding carboxylic acids is 1. The fourth-order valence-electron chi connectivity index (χ4n) is 3.05. The number of carbonyl (C=O) groups is 2. The van der Waals surface area contributed by atoms with Crippen molar-refractivity contribution in [1.82, 2.24) is 9.47 Å². The summed E-state index contributed by atoms with van der Waals surface area (Å²) >= 11 is 0. The van der Waals surface area contributed by atoms with Crippen LogP contribution in [0.25, 0.3) is 10.9 Å². The molecule has 1 aromatic carbocycles. The fourth-order valence-corrected chi connectivity index (χ4v) is 3.05. The van der Waals surface area contributed by atoms with Gasteiger partial charge in [-0.25, -0.2) is 9.59 Å². The van der Waals surface area contributed by atoms with Crippen molar-refractivity contribution in [3.8, 4) is 0 Å². The molecule has 9 heteroatoms. The maximum atomic E-state index is 12.6. The van der Waals surface area contributed by atoms with Gasteiger partial charge in [0, 0.05) is 37.8 Å². The summed E-state index contributed by atoms with van der Waals surface area (Å²) in [4.78, 5) is 37.9. The van der Waals surface area contributed by atoms with Gasteiger partial charge in [-0.1, -0.05) is 6.07 Å². The summed E-state index contributed by atoms with van der Waals surface area (Å²) in [5.74, 6) is -1.25. The Balaban J connectivity index is 0.00000450.